The predicted molar refractivity (Wildman–Crippen MR) is 212 cm³/mol. The van der Waals surface area contributed by atoms with Crippen LogP contribution in [0.2, 0.25) is 0 Å². The van der Waals surface area contributed by atoms with Gasteiger partial charge in [-0.05, 0) is 79.7 Å². The Hall–Kier alpha value is -4.96. The fourth-order valence-electron chi connectivity index (χ4n) is 6.76. The summed E-state index contributed by atoms with van der Waals surface area (Å²) in [5.41, 5.74) is 15.5. The van der Waals surface area contributed by atoms with Crippen LogP contribution in [0.3, 0.4) is 0 Å². The van der Waals surface area contributed by atoms with E-state index < -0.39 is 0 Å². The van der Waals surface area contributed by atoms with Gasteiger partial charge in [0.1, 0.15) is 5.58 Å². The summed E-state index contributed by atoms with van der Waals surface area (Å²) in [6.07, 6.45) is 4.82. The Morgan fingerprint density at radius 2 is 1.42 bits per heavy atom. The van der Waals surface area contributed by atoms with Gasteiger partial charge < -0.3 is 14.4 Å². The first-order valence-corrected chi connectivity index (χ1v) is 17.6. The van der Waals surface area contributed by atoms with Gasteiger partial charge in [0.15, 0.2) is 0 Å². The average molecular weight is 858 g/mol. The molecule has 8 aromatic rings. The number of pyridine rings is 3. The van der Waals surface area contributed by atoms with Gasteiger partial charge in [0.2, 0.25) is 0 Å². The van der Waals surface area contributed by atoms with Crippen molar-refractivity contribution in [1.82, 2.24) is 15.0 Å². The minimum absolute atomic E-state index is 0. The molecule has 52 heavy (non-hydrogen) atoms. The largest absolute Gasteiger partial charge is 0.500 e. The summed E-state index contributed by atoms with van der Waals surface area (Å²) in [4.78, 5) is 13.6. The van der Waals surface area contributed by atoms with Crippen molar-refractivity contribution in [3.8, 4) is 33.6 Å². The van der Waals surface area contributed by atoms with Gasteiger partial charge in [0, 0.05) is 60.0 Å². The van der Waals surface area contributed by atoms with E-state index >= 15 is 0 Å². The fourth-order valence-corrected chi connectivity index (χ4v) is 6.76. The molecule has 4 aromatic heterocycles. The summed E-state index contributed by atoms with van der Waals surface area (Å²) in [7, 11) is 0. The molecule has 1 radical (unpaired) electrons. The van der Waals surface area contributed by atoms with Crippen LogP contribution in [0.15, 0.2) is 108 Å². The molecule has 4 heterocycles. The number of benzene rings is 4. The van der Waals surface area contributed by atoms with Gasteiger partial charge in [-0.2, -0.15) is 0 Å². The van der Waals surface area contributed by atoms with E-state index in [0.29, 0.717) is 5.41 Å². The third kappa shape index (κ3) is 7.62. The predicted octanol–water partition coefficient (Wildman–Crippen LogP) is 12.3. The van der Waals surface area contributed by atoms with E-state index in [1.54, 1.807) is 6.20 Å². The van der Waals surface area contributed by atoms with Gasteiger partial charge in [-0.15, -0.1) is 47.5 Å². The minimum Gasteiger partial charge on any atom is -0.500 e. The van der Waals surface area contributed by atoms with Crippen molar-refractivity contribution in [2.75, 3.05) is 0 Å². The molecular formula is C47H43IrN3O-2. The Balaban J connectivity index is 0.000000175. The van der Waals surface area contributed by atoms with Crippen LogP contribution in [0.25, 0.3) is 66.4 Å². The molecule has 263 valence electrons. The average Bonchev–Trinajstić information content (AvgIpc) is 3.50. The quantitative estimate of drug-likeness (QED) is 0.165. The van der Waals surface area contributed by atoms with Gasteiger partial charge in [-0.25, -0.2) is 0 Å². The summed E-state index contributed by atoms with van der Waals surface area (Å²) in [5, 5.41) is 4.42. The molecule has 0 bridgehead atoms. The maximum absolute atomic E-state index is 6.36. The first kappa shape index (κ1) is 36.8. The summed E-state index contributed by atoms with van der Waals surface area (Å²) in [6.45, 7) is 17.3. The number of hydrogen-bond donors (Lipinski definition) is 0. The molecule has 4 aromatic carbocycles. The third-order valence-electron chi connectivity index (χ3n) is 9.45. The Labute approximate surface area is 320 Å². The SMILES string of the molecule is Cc1cc2c(ccc3c4cc[c-]c(-c5ccccn5)c4oc23)c(C)n1.Cc1cnc(-c2[c-]cc(C)c(-c3ccc(CC(C)(C)C)cc3)c2)cc1C.[Ir]. The molecule has 0 atom stereocenters. The zero-order valence-corrected chi connectivity index (χ0v) is 33.5. The maximum Gasteiger partial charge on any atom is 0.128 e. The molecule has 0 saturated heterocycles. The van der Waals surface area contributed by atoms with Crippen LogP contribution >= 0.6 is 0 Å². The molecule has 0 amide bonds. The van der Waals surface area contributed by atoms with Crippen molar-refractivity contribution in [3.63, 3.8) is 0 Å². The number of hydrogen-bond acceptors (Lipinski definition) is 4. The van der Waals surface area contributed by atoms with Crippen molar-refractivity contribution >= 4 is 32.7 Å². The zero-order valence-electron chi connectivity index (χ0n) is 31.1. The minimum atomic E-state index is 0. The number of nitrogens with zero attached hydrogens (tertiary/aromatic N) is 3. The molecule has 8 rings (SSSR count). The maximum atomic E-state index is 6.36. The van der Waals surface area contributed by atoms with Gasteiger partial charge in [-0.1, -0.05) is 104 Å². The Bertz CT molecular complexity index is 2530. The number of rotatable bonds is 4. The summed E-state index contributed by atoms with van der Waals surface area (Å²) in [6, 6.07) is 38.3. The van der Waals surface area contributed by atoms with Gasteiger partial charge in [-0.3, -0.25) is 4.98 Å². The van der Waals surface area contributed by atoms with Crippen molar-refractivity contribution in [2.45, 2.75) is 61.8 Å². The van der Waals surface area contributed by atoms with E-state index in [9.17, 15) is 0 Å². The standard InChI is InChI=1S/C25H28N.C22H15N2O.Ir/c1-17-7-10-22(24-13-18(2)19(3)16-26-24)14-23(17)21-11-8-20(9-12-21)15-25(4,5)6;1-13-12-19-15(14(2)24-13)9-10-17-16-6-5-7-18(21(16)25-22(17)19)20-8-3-4-11-23-20;/h7-9,11-14,16H,15H2,1-6H3;3-6,8-12H,1-2H3;/q2*-1;. The van der Waals surface area contributed by atoms with Gasteiger partial charge in [0.25, 0.3) is 0 Å². The molecule has 0 saturated carbocycles. The normalized spacial score (nSPS) is 11.4. The smallest absolute Gasteiger partial charge is 0.128 e. The molecule has 4 nitrogen and oxygen atoms in total. The van der Waals surface area contributed by atoms with E-state index in [1.165, 1.54) is 33.4 Å². The monoisotopic (exact) mass is 858 g/mol. The van der Waals surface area contributed by atoms with Crippen LogP contribution in [-0.4, -0.2) is 15.0 Å². The van der Waals surface area contributed by atoms with E-state index in [-0.39, 0.29) is 20.1 Å². The Morgan fingerprint density at radius 1 is 0.673 bits per heavy atom. The van der Waals surface area contributed by atoms with Crippen LogP contribution in [0.5, 0.6) is 0 Å². The topological polar surface area (TPSA) is 51.8 Å². The zero-order chi connectivity index (χ0) is 35.9. The first-order chi connectivity index (χ1) is 24.4. The molecule has 0 aliphatic rings. The van der Waals surface area contributed by atoms with E-state index in [2.05, 4.69) is 135 Å². The van der Waals surface area contributed by atoms with E-state index in [0.717, 1.165) is 73.0 Å². The number of fused-ring (bicyclic) bond motifs is 5. The second-order valence-corrected chi connectivity index (χ2v) is 14.8. The van der Waals surface area contributed by atoms with Crippen molar-refractivity contribution in [1.29, 1.82) is 0 Å². The summed E-state index contributed by atoms with van der Waals surface area (Å²) >= 11 is 0. The second kappa shape index (κ2) is 14.9. The van der Waals surface area contributed by atoms with Gasteiger partial charge in [0.05, 0.1) is 5.58 Å². The number of aryl methyl sites for hydroxylation is 5. The van der Waals surface area contributed by atoms with Crippen molar-refractivity contribution in [3.05, 3.63) is 149 Å². The summed E-state index contributed by atoms with van der Waals surface area (Å²) in [5.74, 6) is 0. The second-order valence-electron chi connectivity index (χ2n) is 14.8. The van der Waals surface area contributed by atoms with Crippen LogP contribution in [0.1, 0.15) is 54.4 Å². The molecule has 0 aliphatic carbocycles. The van der Waals surface area contributed by atoms with Crippen LogP contribution < -0.4 is 0 Å². The van der Waals surface area contributed by atoms with Crippen molar-refractivity contribution in [2.24, 2.45) is 5.41 Å². The van der Waals surface area contributed by atoms with Crippen LogP contribution in [0.4, 0.5) is 0 Å². The van der Waals surface area contributed by atoms with Gasteiger partial charge >= 0.3 is 0 Å². The van der Waals surface area contributed by atoms with E-state index in [1.807, 2.05) is 44.3 Å². The number of aromatic nitrogens is 3. The molecule has 0 N–H and O–H groups in total. The van der Waals surface area contributed by atoms with Crippen LogP contribution in [0, 0.1) is 52.2 Å². The third-order valence-corrected chi connectivity index (χ3v) is 9.45. The molecule has 0 aliphatic heterocycles. The molecule has 5 heteroatoms. The molecule has 0 fully saturated rings. The molecule has 0 spiro atoms. The fraction of sp³-hybridized carbons (Fsp3) is 0.213. The number of furan rings is 1. The Morgan fingerprint density at radius 3 is 2.13 bits per heavy atom. The summed E-state index contributed by atoms with van der Waals surface area (Å²) < 4.78 is 6.36. The molecule has 0 unspecified atom stereocenters. The Kier molecular flexibility index (Phi) is 10.6. The van der Waals surface area contributed by atoms with Crippen molar-refractivity contribution < 1.29 is 24.5 Å². The first-order valence-electron chi connectivity index (χ1n) is 17.6. The van der Waals surface area contributed by atoms with Crippen LogP contribution in [-0.2, 0) is 26.5 Å². The van der Waals surface area contributed by atoms with E-state index in [4.69, 9.17) is 4.42 Å². The molecular weight excluding hydrogens is 815 g/mol.